The molecule has 7 rings (SSSR count). The summed E-state index contributed by atoms with van der Waals surface area (Å²) in [7, 11) is 0. The number of hydrogen-bond acceptors (Lipinski definition) is 7. The molecule has 0 atom stereocenters. The highest BCUT2D eigenvalue weighted by Gasteiger charge is 2.31. The van der Waals surface area contributed by atoms with Crippen LogP contribution in [-0.2, 0) is 16.2 Å². The third-order valence-electron chi connectivity index (χ3n) is 6.47. The molecule has 2 amide bonds. The number of aliphatic hydroxyl groups is 1. The number of nitrogens with zero attached hydrogens (tertiary/aromatic N) is 6. The second-order valence-corrected chi connectivity index (χ2v) is 10.4. The zero-order valence-corrected chi connectivity index (χ0v) is 22.4. The lowest BCUT2D eigenvalue weighted by Crippen LogP contribution is -2.14. The number of hydrogen-bond donors (Lipinski definition) is 3. The van der Waals surface area contributed by atoms with E-state index in [9.17, 15) is 9.59 Å². The Hall–Kier alpha value is -4.16. The van der Waals surface area contributed by atoms with Crippen LogP contribution in [0.2, 0.25) is 0 Å². The standard InChI is InChI=1S/C17H16N4O2.C10H9BrN4O/c22-10-11-4-6-12(7-5-11)14-2-1-3-15-18-17(20-21(14)15)19-16(23)13-8-9-13;11-7-2-1-3-8-12-10(14-15(7)8)13-9(16)6-4-5-6/h1-7,13,22H,8-10H2,(H,19,20,23);1-3,6H,4-5H2,(H,13,14,16). The number of halogens is 1. The largest absolute Gasteiger partial charge is 0.392 e. The fourth-order valence-electron chi connectivity index (χ4n) is 4.00. The van der Waals surface area contributed by atoms with Crippen molar-refractivity contribution in [2.24, 2.45) is 11.8 Å². The molecule has 0 radical (unpaired) electrons. The van der Waals surface area contributed by atoms with E-state index in [1.54, 1.807) is 9.03 Å². The van der Waals surface area contributed by atoms with Crippen LogP contribution in [0.15, 0.2) is 65.3 Å². The Morgan fingerprint density at radius 1 is 0.795 bits per heavy atom. The Balaban J connectivity index is 0.000000151. The van der Waals surface area contributed by atoms with E-state index in [4.69, 9.17) is 5.11 Å². The first-order valence-electron chi connectivity index (χ1n) is 12.7. The fourth-order valence-corrected chi connectivity index (χ4v) is 4.41. The van der Waals surface area contributed by atoms with E-state index in [0.29, 0.717) is 23.2 Å². The molecule has 4 aromatic heterocycles. The number of aliphatic hydroxyl groups excluding tert-OH is 1. The summed E-state index contributed by atoms with van der Waals surface area (Å²) in [5.41, 5.74) is 4.10. The molecule has 3 N–H and O–H groups in total. The van der Waals surface area contributed by atoms with Gasteiger partial charge < -0.3 is 5.11 Å². The molecule has 0 aliphatic heterocycles. The van der Waals surface area contributed by atoms with E-state index in [0.717, 1.165) is 47.1 Å². The van der Waals surface area contributed by atoms with Crippen molar-refractivity contribution in [3.8, 4) is 11.3 Å². The van der Waals surface area contributed by atoms with Crippen molar-refractivity contribution < 1.29 is 14.7 Å². The Morgan fingerprint density at radius 2 is 1.33 bits per heavy atom. The molecular weight excluding hydrogens is 564 g/mol. The molecule has 39 heavy (non-hydrogen) atoms. The number of rotatable bonds is 6. The van der Waals surface area contributed by atoms with E-state index in [1.165, 1.54) is 0 Å². The molecule has 0 spiro atoms. The lowest BCUT2D eigenvalue weighted by atomic mass is 10.1. The summed E-state index contributed by atoms with van der Waals surface area (Å²) in [6, 6.07) is 18.9. The van der Waals surface area contributed by atoms with Gasteiger partial charge in [0.25, 0.3) is 0 Å². The minimum atomic E-state index is -0.00486. The number of amides is 2. The van der Waals surface area contributed by atoms with Gasteiger partial charge in [0.15, 0.2) is 11.3 Å². The Labute approximate surface area is 231 Å². The molecular formula is C27H25BrN8O3. The minimum absolute atomic E-state index is 0.00486. The monoisotopic (exact) mass is 588 g/mol. The van der Waals surface area contributed by atoms with Crippen LogP contribution < -0.4 is 10.6 Å². The number of fused-ring (bicyclic) bond motifs is 2. The maximum atomic E-state index is 11.9. The Morgan fingerprint density at radius 3 is 1.87 bits per heavy atom. The van der Waals surface area contributed by atoms with Gasteiger partial charge in [-0.2, -0.15) is 9.97 Å². The van der Waals surface area contributed by atoms with Crippen molar-refractivity contribution >= 4 is 50.9 Å². The second-order valence-electron chi connectivity index (χ2n) is 9.55. The summed E-state index contributed by atoms with van der Waals surface area (Å²) in [5, 5.41) is 23.2. The molecule has 2 saturated carbocycles. The van der Waals surface area contributed by atoms with Gasteiger partial charge in [0.05, 0.1) is 12.3 Å². The molecule has 11 nitrogen and oxygen atoms in total. The number of benzene rings is 1. The zero-order valence-electron chi connectivity index (χ0n) is 20.8. The summed E-state index contributed by atoms with van der Waals surface area (Å²) in [6.07, 6.45) is 3.84. The minimum Gasteiger partial charge on any atom is -0.392 e. The Kier molecular flexibility index (Phi) is 6.79. The summed E-state index contributed by atoms with van der Waals surface area (Å²) in [5.74, 6) is 0.995. The topological polar surface area (TPSA) is 139 Å². The molecule has 2 aliphatic carbocycles. The van der Waals surface area contributed by atoms with Crippen LogP contribution in [0.5, 0.6) is 0 Å². The van der Waals surface area contributed by atoms with E-state index in [1.807, 2.05) is 60.7 Å². The average Bonchev–Trinajstić information content (AvgIpc) is 3.88. The summed E-state index contributed by atoms with van der Waals surface area (Å²) in [4.78, 5) is 32.0. The predicted molar refractivity (Wildman–Crippen MR) is 148 cm³/mol. The fraction of sp³-hybridized carbons (Fsp3) is 0.259. The smallest absolute Gasteiger partial charge is 0.249 e. The SMILES string of the molecule is O=C(Nc1nc2cccc(-c3ccc(CO)cc3)n2n1)C1CC1.O=C(Nc1nc2cccc(Br)n2n1)C1CC1. The van der Waals surface area contributed by atoms with E-state index in [2.05, 4.69) is 46.7 Å². The summed E-state index contributed by atoms with van der Waals surface area (Å²) < 4.78 is 4.17. The zero-order chi connectivity index (χ0) is 26.9. The number of carbonyl (C=O) groups is 2. The van der Waals surface area contributed by atoms with Crippen molar-refractivity contribution in [1.29, 1.82) is 0 Å². The first kappa shape index (κ1) is 25.1. The van der Waals surface area contributed by atoms with Gasteiger partial charge in [-0.3, -0.25) is 20.2 Å². The van der Waals surface area contributed by atoms with Crippen LogP contribution in [0.1, 0.15) is 31.2 Å². The average molecular weight is 589 g/mol. The lowest BCUT2D eigenvalue weighted by molar-refractivity contribution is -0.118. The lowest BCUT2D eigenvalue weighted by Gasteiger charge is -2.05. The number of anilines is 2. The molecule has 4 heterocycles. The van der Waals surface area contributed by atoms with Gasteiger partial charge in [0, 0.05) is 17.4 Å². The van der Waals surface area contributed by atoms with E-state index >= 15 is 0 Å². The third-order valence-corrected chi connectivity index (χ3v) is 7.07. The first-order valence-corrected chi connectivity index (χ1v) is 13.5. The molecule has 2 fully saturated rings. The molecule has 0 saturated heterocycles. The van der Waals surface area contributed by atoms with Crippen LogP contribution in [0.3, 0.4) is 0 Å². The number of nitrogens with one attached hydrogen (secondary N) is 2. The molecule has 12 heteroatoms. The number of aromatic nitrogens is 6. The van der Waals surface area contributed by atoms with E-state index in [-0.39, 0.29) is 30.3 Å². The van der Waals surface area contributed by atoms with Gasteiger partial charge in [-0.05, 0) is 71.4 Å². The van der Waals surface area contributed by atoms with Crippen LogP contribution in [-0.4, -0.2) is 46.1 Å². The maximum Gasteiger partial charge on any atom is 0.249 e. The summed E-state index contributed by atoms with van der Waals surface area (Å²) in [6.45, 7) is 0.0190. The van der Waals surface area contributed by atoms with Crippen molar-refractivity contribution in [2.75, 3.05) is 10.6 Å². The Bertz CT molecular complexity index is 1670. The van der Waals surface area contributed by atoms with E-state index < -0.39 is 0 Å². The van der Waals surface area contributed by atoms with Gasteiger partial charge in [0.2, 0.25) is 23.7 Å². The molecule has 0 unspecified atom stereocenters. The normalized spacial score (nSPS) is 14.6. The first-order chi connectivity index (χ1) is 19.0. The van der Waals surface area contributed by atoms with Gasteiger partial charge in [-0.15, -0.1) is 10.2 Å². The summed E-state index contributed by atoms with van der Waals surface area (Å²) >= 11 is 3.37. The van der Waals surface area contributed by atoms with Crippen LogP contribution in [0.4, 0.5) is 11.9 Å². The maximum absolute atomic E-state index is 11.9. The van der Waals surface area contributed by atoms with Crippen LogP contribution in [0.25, 0.3) is 22.6 Å². The van der Waals surface area contributed by atoms with Crippen molar-refractivity contribution in [2.45, 2.75) is 32.3 Å². The molecule has 2 aliphatic rings. The van der Waals surface area contributed by atoms with Crippen molar-refractivity contribution in [1.82, 2.24) is 29.2 Å². The molecule has 1 aromatic carbocycles. The van der Waals surface area contributed by atoms with Gasteiger partial charge in [-0.25, -0.2) is 9.03 Å². The number of carbonyl (C=O) groups excluding carboxylic acids is 2. The quantitative estimate of drug-likeness (QED) is 0.254. The van der Waals surface area contributed by atoms with Gasteiger partial charge in [-0.1, -0.05) is 36.4 Å². The van der Waals surface area contributed by atoms with Crippen LogP contribution in [0, 0.1) is 11.8 Å². The highest BCUT2D eigenvalue weighted by Crippen LogP contribution is 2.30. The van der Waals surface area contributed by atoms with Gasteiger partial charge >= 0.3 is 0 Å². The molecule has 0 bridgehead atoms. The van der Waals surface area contributed by atoms with Gasteiger partial charge in [0.1, 0.15) is 4.60 Å². The highest BCUT2D eigenvalue weighted by molar-refractivity contribution is 9.10. The van der Waals surface area contributed by atoms with Crippen LogP contribution >= 0.6 is 15.9 Å². The predicted octanol–water partition coefficient (Wildman–Crippen LogP) is 4.08. The van der Waals surface area contributed by atoms with Crippen molar-refractivity contribution in [3.63, 3.8) is 0 Å². The second kappa shape index (κ2) is 10.5. The number of pyridine rings is 2. The third kappa shape index (κ3) is 5.66. The van der Waals surface area contributed by atoms with Crippen molar-refractivity contribution in [3.05, 3.63) is 70.8 Å². The highest BCUT2D eigenvalue weighted by atomic mass is 79.9. The molecule has 5 aromatic rings. The molecule has 198 valence electrons.